The smallest absolute Gasteiger partial charge is 0.248 e. The molecule has 2 rings (SSSR count). The molecule has 0 saturated carbocycles. The molecule has 0 heterocycles. The molecule has 1 amide bonds. The van der Waals surface area contributed by atoms with E-state index in [9.17, 15) is 9.90 Å². The summed E-state index contributed by atoms with van der Waals surface area (Å²) < 4.78 is 0. The molecule has 3 heteroatoms. The fraction of sp³-hybridized carbons (Fsp3) is 0.375. The van der Waals surface area contributed by atoms with Crippen molar-refractivity contribution in [1.29, 1.82) is 0 Å². The van der Waals surface area contributed by atoms with E-state index in [1.165, 1.54) is 24.8 Å². The van der Waals surface area contributed by atoms with Crippen LogP contribution in [-0.2, 0) is 6.42 Å². The van der Waals surface area contributed by atoms with Gasteiger partial charge in [-0.15, -0.1) is 0 Å². The molecule has 3 nitrogen and oxygen atoms in total. The van der Waals surface area contributed by atoms with Gasteiger partial charge in [0.25, 0.3) is 0 Å². The second-order valence-corrected chi connectivity index (χ2v) is 6.99. The highest BCUT2D eigenvalue weighted by atomic mass is 16.3. The Morgan fingerprint density at radius 1 is 1.00 bits per heavy atom. The Bertz CT molecular complexity index is 720. The first-order chi connectivity index (χ1) is 13.1. The van der Waals surface area contributed by atoms with Crippen LogP contribution in [0.4, 0.5) is 0 Å². The van der Waals surface area contributed by atoms with E-state index in [-0.39, 0.29) is 0 Å². The second-order valence-electron chi connectivity index (χ2n) is 6.99. The van der Waals surface area contributed by atoms with Crippen molar-refractivity contribution in [2.45, 2.75) is 58.0 Å². The van der Waals surface area contributed by atoms with E-state index < -0.39 is 12.0 Å². The van der Waals surface area contributed by atoms with Crippen LogP contribution in [0.3, 0.4) is 0 Å². The molecule has 27 heavy (non-hydrogen) atoms. The quantitative estimate of drug-likeness (QED) is 0.542. The van der Waals surface area contributed by atoms with Gasteiger partial charge in [0, 0.05) is 5.56 Å². The molecule has 0 aromatic heterocycles. The Morgan fingerprint density at radius 2 is 1.67 bits per heavy atom. The molecule has 0 aliphatic rings. The summed E-state index contributed by atoms with van der Waals surface area (Å²) in [4.78, 5) is 11.3. The molecule has 0 aliphatic carbocycles. The Kier molecular flexibility index (Phi) is 8.79. The van der Waals surface area contributed by atoms with Crippen LogP contribution < -0.4 is 5.73 Å². The van der Waals surface area contributed by atoms with Gasteiger partial charge in [-0.3, -0.25) is 4.79 Å². The first kappa shape index (κ1) is 20.9. The maximum Gasteiger partial charge on any atom is 0.248 e. The zero-order valence-electron chi connectivity index (χ0n) is 16.2. The van der Waals surface area contributed by atoms with Gasteiger partial charge in [-0.05, 0) is 54.5 Å². The van der Waals surface area contributed by atoms with Crippen molar-refractivity contribution in [1.82, 2.24) is 0 Å². The van der Waals surface area contributed by atoms with Gasteiger partial charge in [0.05, 0.1) is 6.10 Å². The predicted octanol–water partition coefficient (Wildman–Crippen LogP) is 5.13. The Labute approximate surface area is 162 Å². The molecule has 0 bridgehead atoms. The van der Waals surface area contributed by atoms with Crippen molar-refractivity contribution in [3.63, 3.8) is 0 Å². The summed E-state index contributed by atoms with van der Waals surface area (Å²) in [7, 11) is 0. The maximum atomic E-state index is 11.3. The van der Waals surface area contributed by atoms with E-state index in [1.807, 2.05) is 30.3 Å². The van der Waals surface area contributed by atoms with Crippen molar-refractivity contribution in [3.05, 3.63) is 77.4 Å². The minimum atomic E-state index is -0.532. The lowest BCUT2D eigenvalue weighted by Crippen LogP contribution is -2.13. The summed E-state index contributed by atoms with van der Waals surface area (Å²) >= 11 is 0. The fourth-order valence-electron chi connectivity index (χ4n) is 3.21. The zero-order chi connectivity index (χ0) is 19.5. The summed E-state index contributed by atoms with van der Waals surface area (Å²) in [6.45, 7) is 2.20. The molecule has 0 aliphatic heterocycles. The standard InChI is InChI=1S/C24H31NO2/c1-2-3-4-5-9-12-22(20-14-16-21(17-15-20)24(25)27)23(26)18-13-19-10-7-6-8-11-19/h6-8,10-12,14-17,23,26H,2-5,9,13,18H2,1H3,(H2,25,27)/b22-12+. The van der Waals surface area contributed by atoms with Crippen molar-refractivity contribution in [2.75, 3.05) is 0 Å². The highest BCUT2D eigenvalue weighted by Crippen LogP contribution is 2.24. The minimum absolute atomic E-state index is 0.434. The lowest BCUT2D eigenvalue weighted by Gasteiger charge is -2.16. The first-order valence-electron chi connectivity index (χ1n) is 9.94. The van der Waals surface area contributed by atoms with Crippen LogP contribution in [0.25, 0.3) is 5.57 Å². The van der Waals surface area contributed by atoms with Crippen molar-refractivity contribution < 1.29 is 9.90 Å². The predicted molar refractivity (Wildman–Crippen MR) is 112 cm³/mol. The molecule has 0 radical (unpaired) electrons. The van der Waals surface area contributed by atoms with Gasteiger partial charge in [0.2, 0.25) is 5.91 Å². The average molecular weight is 366 g/mol. The van der Waals surface area contributed by atoms with E-state index in [4.69, 9.17) is 5.73 Å². The van der Waals surface area contributed by atoms with Gasteiger partial charge in [-0.2, -0.15) is 0 Å². The van der Waals surface area contributed by atoms with E-state index in [2.05, 4.69) is 25.1 Å². The summed E-state index contributed by atoms with van der Waals surface area (Å²) in [6.07, 6.45) is 8.87. The molecule has 3 N–H and O–H groups in total. The van der Waals surface area contributed by atoms with Crippen LogP contribution in [0.5, 0.6) is 0 Å². The highest BCUT2D eigenvalue weighted by molar-refractivity contribution is 5.93. The Morgan fingerprint density at radius 3 is 2.30 bits per heavy atom. The highest BCUT2D eigenvalue weighted by Gasteiger charge is 2.14. The third kappa shape index (κ3) is 7.03. The molecule has 0 spiro atoms. The van der Waals surface area contributed by atoms with Gasteiger partial charge < -0.3 is 10.8 Å². The molecule has 2 aromatic carbocycles. The number of benzene rings is 2. The number of aryl methyl sites for hydroxylation is 1. The van der Waals surface area contributed by atoms with E-state index >= 15 is 0 Å². The van der Waals surface area contributed by atoms with Gasteiger partial charge >= 0.3 is 0 Å². The number of hydrogen-bond donors (Lipinski definition) is 2. The second kappa shape index (κ2) is 11.3. The molecule has 144 valence electrons. The first-order valence-corrected chi connectivity index (χ1v) is 9.94. The van der Waals surface area contributed by atoms with E-state index in [1.54, 1.807) is 12.1 Å². The number of aliphatic hydroxyl groups is 1. The number of hydrogen-bond acceptors (Lipinski definition) is 2. The van der Waals surface area contributed by atoms with Gasteiger partial charge in [0.15, 0.2) is 0 Å². The summed E-state index contributed by atoms with van der Waals surface area (Å²) in [5.41, 5.74) is 8.94. The monoisotopic (exact) mass is 365 g/mol. The van der Waals surface area contributed by atoms with Crippen LogP contribution in [-0.4, -0.2) is 17.1 Å². The van der Waals surface area contributed by atoms with Crippen LogP contribution in [0.15, 0.2) is 60.7 Å². The average Bonchev–Trinajstić information content (AvgIpc) is 2.70. The van der Waals surface area contributed by atoms with Crippen molar-refractivity contribution in [3.8, 4) is 0 Å². The molecular formula is C24H31NO2. The van der Waals surface area contributed by atoms with Crippen molar-refractivity contribution in [2.24, 2.45) is 5.73 Å². The Balaban J connectivity index is 2.10. The number of unbranched alkanes of at least 4 members (excludes halogenated alkanes) is 4. The maximum absolute atomic E-state index is 11.3. The lowest BCUT2D eigenvalue weighted by molar-refractivity contribution is 0.100. The number of carbonyl (C=O) groups excluding carboxylic acids is 1. The van der Waals surface area contributed by atoms with Crippen LogP contribution in [0.1, 0.15) is 66.9 Å². The summed E-state index contributed by atoms with van der Waals surface area (Å²) in [5.74, 6) is -0.434. The van der Waals surface area contributed by atoms with Gasteiger partial charge in [-0.1, -0.05) is 74.7 Å². The van der Waals surface area contributed by atoms with E-state index in [0.717, 1.165) is 30.4 Å². The molecule has 1 unspecified atom stereocenters. The summed E-state index contributed by atoms with van der Waals surface area (Å²) in [6, 6.07) is 17.4. The number of aliphatic hydroxyl groups excluding tert-OH is 1. The third-order valence-electron chi connectivity index (χ3n) is 4.83. The van der Waals surface area contributed by atoms with E-state index in [0.29, 0.717) is 12.0 Å². The number of amides is 1. The Hall–Kier alpha value is -2.39. The lowest BCUT2D eigenvalue weighted by atomic mass is 9.93. The van der Waals surface area contributed by atoms with Crippen LogP contribution in [0.2, 0.25) is 0 Å². The molecule has 1 atom stereocenters. The van der Waals surface area contributed by atoms with Crippen LogP contribution >= 0.6 is 0 Å². The largest absolute Gasteiger partial charge is 0.388 e. The molecule has 0 fully saturated rings. The number of carbonyl (C=O) groups is 1. The van der Waals surface area contributed by atoms with Gasteiger partial charge in [-0.25, -0.2) is 0 Å². The number of allylic oxidation sites excluding steroid dienone is 1. The number of nitrogens with two attached hydrogens (primary N) is 1. The fourth-order valence-corrected chi connectivity index (χ4v) is 3.21. The number of primary amides is 1. The molecule has 2 aromatic rings. The SMILES string of the molecule is CCCCCC/C=C(\c1ccc(C(N)=O)cc1)C(O)CCc1ccccc1. The minimum Gasteiger partial charge on any atom is -0.388 e. The molecular weight excluding hydrogens is 334 g/mol. The zero-order valence-corrected chi connectivity index (χ0v) is 16.2. The van der Waals surface area contributed by atoms with Crippen molar-refractivity contribution >= 4 is 11.5 Å². The number of rotatable bonds is 11. The van der Waals surface area contributed by atoms with Crippen LogP contribution in [0, 0.1) is 0 Å². The third-order valence-corrected chi connectivity index (χ3v) is 4.83. The normalized spacial score (nSPS) is 12.7. The van der Waals surface area contributed by atoms with Gasteiger partial charge in [0.1, 0.15) is 0 Å². The topological polar surface area (TPSA) is 63.3 Å². The summed E-state index contributed by atoms with van der Waals surface area (Å²) in [5, 5.41) is 10.8. The molecule has 0 saturated heterocycles.